The van der Waals surface area contributed by atoms with E-state index in [0.29, 0.717) is 6.54 Å². The average molecular weight is 175 g/mol. The summed E-state index contributed by atoms with van der Waals surface area (Å²) in [5.74, 6) is 0. The summed E-state index contributed by atoms with van der Waals surface area (Å²) in [5.41, 5.74) is 0. The van der Waals surface area contributed by atoms with Gasteiger partial charge in [0.1, 0.15) is 6.10 Å². The molecule has 0 aromatic carbocycles. The number of rotatable bonds is 2. The van der Waals surface area contributed by atoms with Crippen molar-refractivity contribution in [2.75, 3.05) is 6.54 Å². The largest absolute Gasteiger partial charge is 0.389 e. The third-order valence-electron chi connectivity index (χ3n) is 2.35. The van der Waals surface area contributed by atoms with Gasteiger partial charge in [0.2, 0.25) is 0 Å². The van der Waals surface area contributed by atoms with Crippen LogP contribution >= 0.6 is 0 Å². The summed E-state index contributed by atoms with van der Waals surface area (Å²) in [6.45, 7) is 2.38. The van der Waals surface area contributed by atoms with Crippen LogP contribution in [0, 0.1) is 0 Å². The van der Waals surface area contributed by atoms with Crippen LogP contribution in [0.4, 0.5) is 0 Å². The fourth-order valence-corrected chi connectivity index (χ4v) is 1.56. The highest BCUT2D eigenvalue weighted by Crippen LogP contribution is 2.13. The lowest BCUT2D eigenvalue weighted by molar-refractivity contribution is -0.0950. The van der Waals surface area contributed by atoms with Crippen molar-refractivity contribution < 1.29 is 15.3 Å². The topological polar surface area (TPSA) is 72.7 Å². The van der Waals surface area contributed by atoms with Crippen LogP contribution in [0.2, 0.25) is 0 Å². The van der Waals surface area contributed by atoms with E-state index in [1.807, 2.05) is 6.92 Å². The van der Waals surface area contributed by atoms with E-state index < -0.39 is 18.3 Å². The zero-order valence-electron chi connectivity index (χ0n) is 7.27. The van der Waals surface area contributed by atoms with Gasteiger partial charge < -0.3 is 20.6 Å². The Bertz CT molecular complexity index is 142. The van der Waals surface area contributed by atoms with Gasteiger partial charge >= 0.3 is 0 Å². The molecule has 0 aromatic heterocycles. The first-order chi connectivity index (χ1) is 5.66. The molecule has 0 saturated carbocycles. The number of piperidine rings is 1. The van der Waals surface area contributed by atoms with Crippen LogP contribution in [0.1, 0.15) is 19.8 Å². The minimum atomic E-state index is -0.997. The quantitative estimate of drug-likeness (QED) is 0.427. The smallest absolute Gasteiger partial charge is 0.108 e. The summed E-state index contributed by atoms with van der Waals surface area (Å²) in [6, 6.07) is -0.0756. The molecule has 0 spiro atoms. The van der Waals surface area contributed by atoms with Gasteiger partial charge in [0.25, 0.3) is 0 Å². The molecular weight excluding hydrogens is 158 g/mol. The van der Waals surface area contributed by atoms with E-state index in [1.54, 1.807) is 0 Å². The van der Waals surface area contributed by atoms with Crippen LogP contribution in [0.25, 0.3) is 0 Å². The zero-order valence-corrected chi connectivity index (χ0v) is 7.27. The molecule has 0 amide bonds. The van der Waals surface area contributed by atoms with Crippen LogP contribution in [-0.2, 0) is 0 Å². The Balaban J connectivity index is 2.46. The molecular formula is C8H17NO3. The molecule has 1 aliphatic rings. The van der Waals surface area contributed by atoms with Crippen molar-refractivity contribution in [3.8, 4) is 0 Å². The van der Waals surface area contributed by atoms with Crippen LogP contribution < -0.4 is 5.32 Å². The molecule has 4 N–H and O–H groups in total. The van der Waals surface area contributed by atoms with Crippen LogP contribution in [0.3, 0.4) is 0 Å². The highest BCUT2D eigenvalue weighted by Gasteiger charge is 2.35. The fourth-order valence-electron chi connectivity index (χ4n) is 1.56. The van der Waals surface area contributed by atoms with Crippen LogP contribution in [0.5, 0.6) is 0 Å². The predicted octanol–water partition coefficient (Wildman–Crippen LogP) is -1.16. The van der Waals surface area contributed by atoms with E-state index >= 15 is 0 Å². The Morgan fingerprint density at radius 3 is 2.50 bits per heavy atom. The highest BCUT2D eigenvalue weighted by molar-refractivity contribution is 4.91. The Kier molecular flexibility index (Phi) is 3.46. The minimum Gasteiger partial charge on any atom is -0.389 e. The van der Waals surface area contributed by atoms with Crippen molar-refractivity contribution in [2.45, 2.75) is 44.1 Å². The van der Waals surface area contributed by atoms with Gasteiger partial charge in [0, 0.05) is 12.6 Å². The van der Waals surface area contributed by atoms with Crippen molar-refractivity contribution in [3.05, 3.63) is 0 Å². The fraction of sp³-hybridized carbons (Fsp3) is 1.00. The Morgan fingerprint density at radius 1 is 1.25 bits per heavy atom. The number of aliphatic hydroxyl groups excluding tert-OH is 3. The second kappa shape index (κ2) is 4.18. The number of aliphatic hydroxyl groups is 3. The third kappa shape index (κ3) is 1.95. The third-order valence-corrected chi connectivity index (χ3v) is 2.35. The Morgan fingerprint density at radius 2 is 1.92 bits per heavy atom. The molecule has 0 aromatic rings. The van der Waals surface area contributed by atoms with Gasteiger partial charge in [-0.25, -0.2) is 0 Å². The molecule has 4 heteroatoms. The molecule has 0 aliphatic carbocycles. The maximum Gasteiger partial charge on any atom is 0.108 e. The molecule has 1 fully saturated rings. The van der Waals surface area contributed by atoms with E-state index in [4.69, 9.17) is 5.11 Å². The molecule has 0 unspecified atom stereocenters. The van der Waals surface area contributed by atoms with Crippen molar-refractivity contribution in [2.24, 2.45) is 0 Å². The Labute approximate surface area is 72.2 Å². The van der Waals surface area contributed by atoms with E-state index in [1.165, 1.54) is 0 Å². The summed E-state index contributed by atoms with van der Waals surface area (Å²) in [6.07, 6.45) is -0.896. The maximum absolute atomic E-state index is 9.47. The van der Waals surface area contributed by atoms with Gasteiger partial charge in [-0.05, 0) is 6.42 Å². The predicted molar refractivity (Wildman–Crippen MR) is 44.7 cm³/mol. The Hall–Kier alpha value is -0.160. The van der Waals surface area contributed by atoms with Crippen LogP contribution in [0.15, 0.2) is 0 Å². The van der Waals surface area contributed by atoms with Crippen molar-refractivity contribution in [1.82, 2.24) is 5.32 Å². The lowest BCUT2D eigenvalue weighted by Gasteiger charge is -2.36. The lowest BCUT2D eigenvalue weighted by atomic mass is 9.93. The average Bonchev–Trinajstić information content (AvgIpc) is 2.07. The summed E-state index contributed by atoms with van der Waals surface area (Å²) in [7, 11) is 0. The number of nitrogens with one attached hydrogen (secondary N) is 1. The first kappa shape index (κ1) is 9.92. The summed E-state index contributed by atoms with van der Waals surface area (Å²) < 4.78 is 0. The first-order valence-electron chi connectivity index (χ1n) is 4.44. The van der Waals surface area contributed by atoms with Crippen LogP contribution in [-0.4, -0.2) is 46.2 Å². The summed E-state index contributed by atoms with van der Waals surface area (Å²) in [5, 5.41) is 30.9. The first-order valence-corrected chi connectivity index (χ1v) is 4.44. The van der Waals surface area contributed by atoms with Gasteiger partial charge in [-0.3, -0.25) is 0 Å². The summed E-state index contributed by atoms with van der Waals surface area (Å²) in [4.78, 5) is 0. The number of β-amino-alcohol motifs (C(OH)–C–C–N with tert-alkyl or cyclic N) is 1. The normalized spacial score (nSPS) is 43.0. The SMILES string of the molecule is CCC[C@H]1NC[C@H](O)[C@H](O)[C@H]1O. The minimum absolute atomic E-state index is 0.0756. The van der Waals surface area contributed by atoms with Gasteiger partial charge in [0.15, 0.2) is 0 Å². The molecule has 1 rings (SSSR count). The van der Waals surface area contributed by atoms with Gasteiger partial charge in [-0.1, -0.05) is 13.3 Å². The molecule has 1 heterocycles. The number of hydrogen-bond donors (Lipinski definition) is 4. The lowest BCUT2D eigenvalue weighted by Crippen LogP contribution is -2.59. The van der Waals surface area contributed by atoms with Gasteiger partial charge in [-0.2, -0.15) is 0 Å². The van der Waals surface area contributed by atoms with E-state index in [2.05, 4.69) is 5.32 Å². The molecule has 4 nitrogen and oxygen atoms in total. The molecule has 1 saturated heterocycles. The van der Waals surface area contributed by atoms with E-state index in [9.17, 15) is 10.2 Å². The highest BCUT2D eigenvalue weighted by atomic mass is 16.4. The van der Waals surface area contributed by atoms with E-state index in [0.717, 1.165) is 12.8 Å². The standard InChI is InChI=1S/C8H17NO3/c1-2-3-5-7(11)8(12)6(10)4-9-5/h5-12H,2-4H2,1H3/t5-,6+,7+,8+/m1/s1. The molecule has 0 radical (unpaired) electrons. The second-order valence-electron chi connectivity index (χ2n) is 3.35. The maximum atomic E-state index is 9.47. The van der Waals surface area contributed by atoms with E-state index in [-0.39, 0.29) is 6.04 Å². The molecule has 4 atom stereocenters. The molecule has 12 heavy (non-hydrogen) atoms. The summed E-state index contributed by atoms with van der Waals surface area (Å²) >= 11 is 0. The van der Waals surface area contributed by atoms with Crippen molar-refractivity contribution in [1.29, 1.82) is 0 Å². The van der Waals surface area contributed by atoms with Crippen molar-refractivity contribution in [3.63, 3.8) is 0 Å². The molecule has 1 aliphatic heterocycles. The molecule has 0 bridgehead atoms. The van der Waals surface area contributed by atoms with Crippen molar-refractivity contribution >= 4 is 0 Å². The van der Waals surface area contributed by atoms with Gasteiger partial charge in [-0.15, -0.1) is 0 Å². The zero-order chi connectivity index (χ0) is 9.14. The monoisotopic (exact) mass is 175 g/mol. The number of hydrogen-bond acceptors (Lipinski definition) is 4. The van der Waals surface area contributed by atoms with Gasteiger partial charge in [0.05, 0.1) is 12.2 Å². The molecule has 72 valence electrons. The second-order valence-corrected chi connectivity index (χ2v) is 3.35.